The summed E-state index contributed by atoms with van der Waals surface area (Å²) in [5.41, 5.74) is 3.44. The van der Waals surface area contributed by atoms with E-state index in [1.807, 2.05) is 56.4 Å². The van der Waals surface area contributed by atoms with Gasteiger partial charge in [-0.05, 0) is 61.1 Å². The lowest BCUT2D eigenvalue weighted by Gasteiger charge is -2.19. The highest BCUT2D eigenvalue weighted by atomic mass is 35.5. The van der Waals surface area contributed by atoms with Gasteiger partial charge in [-0.15, -0.1) is 0 Å². The zero-order valence-electron chi connectivity index (χ0n) is 15.4. The molecule has 0 saturated carbocycles. The predicted molar refractivity (Wildman–Crippen MR) is 118 cm³/mol. The van der Waals surface area contributed by atoms with Crippen LogP contribution in [0.25, 0.3) is 11.5 Å². The fourth-order valence-corrected chi connectivity index (χ4v) is 3.45. The molecule has 0 aliphatic rings. The molecular weight excluding hydrogens is 411 g/mol. The molecule has 0 amide bonds. The van der Waals surface area contributed by atoms with Gasteiger partial charge in [0.2, 0.25) is 5.70 Å². The van der Waals surface area contributed by atoms with Crippen LogP contribution in [-0.2, 0) is 0 Å². The Balaban J connectivity index is 2.16. The van der Waals surface area contributed by atoms with Crippen LogP contribution in [0.3, 0.4) is 0 Å². The first kappa shape index (κ1) is 20.3. The summed E-state index contributed by atoms with van der Waals surface area (Å²) >= 11 is 18.0. The SMILES string of the molecule is Cc1ccc[n+](C(C(=S)Nc2ccccc2C)=C([O-])c2cc(Cl)ccc2Cl)c1. The van der Waals surface area contributed by atoms with Crippen molar-refractivity contribution in [3.63, 3.8) is 0 Å². The second-order valence-corrected chi connectivity index (χ2v) is 7.61. The number of anilines is 1. The van der Waals surface area contributed by atoms with E-state index in [0.29, 0.717) is 26.3 Å². The van der Waals surface area contributed by atoms with Crippen molar-refractivity contribution in [3.05, 3.63) is 93.7 Å². The van der Waals surface area contributed by atoms with Crippen LogP contribution in [0, 0.1) is 13.8 Å². The number of halogens is 2. The van der Waals surface area contributed by atoms with Crippen molar-refractivity contribution in [2.75, 3.05) is 5.32 Å². The monoisotopic (exact) mass is 428 g/mol. The van der Waals surface area contributed by atoms with Crippen LogP contribution in [0.5, 0.6) is 0 Å². The summed E-state index contributed by atoms with van der Waals surface area (Å²) in [6, 6.07) is 16.3. The molecule has 0 bridgehead atoms. The summed E-state index contributed by atoms with van der Waals surface area (Å²) in [6.07, 6.45) is 3.63. The van der Waals surface area contributed by atoms with Gasteiger partial charge in [0.15, 0.2) is 17.4 Å². The topological polar surface area (TPSA) is 39.0 Å². The van der Waals surface area contributed by atoms with Gasteiger partial charge in [0.1, 0.15) is 0 Å². The van der Waals surface area contributed by atoms with Gasteiger partial charge in [0.05, 0.1) is 0 Å². The third kappa shape index (κ3) is 4.53. The van der Waals surface area contributed by atoms with Gasteiger partial charge in [-0.2, -0.15) is 4.57 Å². The zero-order valence-corrected chi connectivity index (χ0v) is 17.7. The first-order valence-corrected chi connectivity index (χ1v) is 9.75. The molecule has 0 aliphatic carbocycles. The molecule has 3 aromatic rings. The number of nitrogens with one attached hydrogen (secondary N) is 1. The number of nitrogens with zero attached hydrogens (tertiary/aromatic N) is 1. The minimum absolute atomic E-state index is 0.297. The molecule has 1 N–H and O–H groups in total. The molecular formula is C22H18Cl2N2OS. The largest absolute Gasteiger partial charge is 0.867 e. The smallest absolute Gasteiger partial charge is 0.238 e. The second kappa shape index (κ2) is 8.74. The summed E-state index contributed by atoms with van der Waals surface area (Å²) in [7, 11) is 0. The van der Waals surface area contributed by atoms with E-state index in [-0.39, 0.29) is 5.76 Å². The van der Waals surface area contributed by atoms with E-state index in [1.165, 1.54) is 0 Å². The van der Waals surface area contributed by atoms with E-state index in [1.54, 1.807) is 29.0 Å². The van der Waals surface area contributed by atoms with Crippen molar-refractivity contribution < 1.29 is 9.67 Å². The lowest BCUT2D eigenvalue weighted by Crippen LogP contribution is -2.40. The third-order valence-electron chi connectivity index (χ3n) is 4.20. The molecule has 0 fully saturated rings. The quantitative estimate of drug-likeness (QED) is 0.274. The second-order valence-electron chi connectivity index (χ2n) is 6.36. The molecule has 6 heteroatoms. The first-order valence-electron chi connectivity index (χ1n) is 8.59. The number of pyridine rings is 1. The molecule has 1 aromatic heterocycles. The molecule has 2 aromatic carbocycles. The van der Waals surface area contributed by atoms with Crippen LogP contribution in [0.2, 0.25) is 10.0 Å². The van der Waals surface area contributed by atoms with Gasteiger partial charge in [0.25, 0.3) is 0 Å². The summed E-state index contributed by atoms with van der Waals surface area (Å²) < 4.78 is 1.71. The number of benzene rings is 2. The van der Waals surface area contributed by atoms with E-state index in [0.717, 1.165) is 16.8 Å². The van der Waals surface area contributed by atoms with Crippen molar-refractivity contribution in [1.29, 1.82) is 0 Å². The van der Waals surface area contributed by atoms with Crippen LogP contribution in [0.1, 0.15) is 16.7 Å². The van der Waals surface area contributed by atoms with Crippen LogP contribution < -0.4 is 15.0 Å². The lowest BCUT2D eigenvalue weighted by molar-refractivity contribution is -0.578. The van der Waals surface area contributed by atoms with Gasteiger partial charge < -0.3 is 10.4 Å². The Morgan fingerprint density at radius 1 is 1.04 bits per heavy atom. The summed E-state index contributed by atoms with van der Waals surface area (Å²) in [4.78, 5) is 0.297. The Kier molecular flexibility index (Phi) is 6.35. The number of aryl methyl sites for hydroxylation is 2. The van der Waals surface area contributed by atoms with Crippen molar-refractivity contribution in [2.24, 2.45) is 0 Å². The molecule has 0 spiro atoms. The van der Waals surface area contributed by atoms with E-state index in [9.17, 15) is 5.11 Å². The van der Waals surface area contributed by atoms with E-state index >= 15 is 0 Å². The molecule has 3 nitrogen and oxygen atoms in total. The highest BCUT2D eigenvalue weighted by Crippen LogP contribution is 2.27. The molecule has 0 aliphatic heterocycles. The Morgan fingerprint density at radius 2 is 1.79 bits per heavy atom. The Hall–Kier alpha value is -2.40. The Bertz CT molecular complexity index is 1080. The number of aromatic nitrogens is 1. The standard InChI is InChI=1S/C22H18Cl2N2OS/c1-14-6-5-11-26(13-14)20(21(27)17-12-16(23)9-10-18(17)24)22(28)25-19-8-4-3-7-15(19)2/h3-13H,1-2H3,(H-,25,27,28). The minimum Gasteiger partial charge on any atom is -0.867 e. The van der Waals surface area contributed by atoms with E-state index in [2.05, 4.69) is 5.32 Å². The maximum absolute atomic E-state index is 13.4. The van der Waals surface area contributed by atoms with E-state index in [4.69, 9.17) is 35.4 Å². The third-order valence-corrected chi connectivity index (χ3v) is 5.06. The zero-order chi connectivity index (χ0) is 20.3. The lowest BCUT2D eigenvalue weighted by atomic mass is 10.1. The van der Waals surface area contributed by atoms with Gasteiger partial charge in [-0.25, -0.2) is 0 Å². The Labute approximate surface area is 179 Å². The van der Waals surface area contributed by atoms with Crippen LogP contribution in [0.4, 0.5) is 5.69 Å². The molecule has 3 rings (SSSR count). The van der Waals surface area contributed by atoms with Crippen molar-refractivity contribution in [1.82, 2.24) is 0 Å². The maximum atomic E-state index is 13.4. The van der Waals surface area contributed by atoms with Gasteiger partial charge in [-0.3, -0.25) is 0 Å². The molecule has 0 saturated heterocycles. The summed E-state index contributed by atoms with van der Waals surface area (Å²) in [6.45, 7) is 3.92. The molecule has 28 heavy (non-hydrogen) atoms. The van der Waals surface area contributed by atoms with Crippen molar-refractivity contribution in [3.8, 4) is 0 Å². The number of para-hydroxylation sites is 1. The van der Waals surface area contributed by atoms with Crippen LogP contribution in [-0.4, -0.2) is 4.99 Å². The van der Waals surface area contributed by atoms with E-state index < -0.39 is 0 Å². The molecule has 0 unspecified atom stereocenters. The number of hydrogen-bond acceptors (Lipinski definition) is 2. The summed E-state index contributed by atoms with van der Waals surface area (Å²) in [5, 5.41) is 17.4. The summed E-state index contributed by atoms with van der Waals surface area (Å²) in [5.74, 6) is -0.311. The van der Waals surface area contributed by atoms with Crippen LogP contribution >= 0.6 is 35.4 Å². The van der Waals surface area contributed by atoms with Crippen molar-refractivity contribution in [2.45, 2.75) is 13.8 Å². The highest BCUT2D eigenvalue weighted by molar-refractivity contribution is 7.81. The molecule has 142 valence electrons. The minimum atomic E-state index is -0.311. The number of thiocarbonyl (C=S) groups is 1. The average Bonchev–Trinajstić information content (AvgIpc) is 2.66. The molecule has 0 atom stereocenters. The normalized spacial score (nSPS) is 11.7. The Morgan fingerprint density at radius 3 is 2.50 bits per heavy atom. The number of hydrogen-bond donors (Lipinski definition) is 1. The molecule has 0 radical (unpaired) electrons. The van der Waals surface area contributed by atoms with Gasteiger partial charge in [-0.1, -0.05) is 53.6 Å². The van der Waals surface area contributed by atoms with Crippen LogP contribution in [0.15, 0.2) is 67.0 Å². The molecule has 1 heterocycles. The fourth-order valence-electron chi connectivity index (χ4n) is 2.76. The highest BCUT2D eigenvalue weighted by Gasteiger charge is 2.20. The van der Waals surface area contributed by atoms with Crippen molar-refractivity contribution >= 4 is 57.6 Å². The predicted octanol–water partition coefficient (Wildman–Crippen LogP) is 5.02. The fraction of sp³-hybridized carbons (Fsp3) is 0.0909. The number of rotatable bonds is 4. The average molecular weight is 429 g/mol. The first-order chi connectivity index (χ1) is 13.4. The van der Waals surface area contributed by atoms with Gasteiger partial charge >= 0.3 is 0 Å². The van der Waals surface area contributed by atoms with Gasteiger partial charge in [0, 0.05) is 27.4 Å². The maximum Gasteiger partial charge on any atom is 0.238 e.